The van der Waals surface area contributed by atoms with Gasteiger partial charge in [-0.1, -0.05) is 42.8 Å². The van der Waals surface area contributed by atoms with E-state index in [1.165, 1.54) is 0 Å². The second-order valence-electron chi connectivity index (χ2n) is 9.77. The predicted molar refractivity (Wildman–Crippen MR) is 133 cm³/mol. The number of anilines is 1. The molecule has 192 valence electrons. The van der Waals surface area contributed by atoms with Gasteiger partial charge in [-0.15, -0.1) is 0 Å². The highest BCUT2D eigenvalue weighted by molar-refractivity contribution is 6.30. The number of halogens is 1. The first kappa shape index (κ1) is 25.0. The highest BCUT2D eigenvalue weighted by atomic mass is 35.5. The van der Waals surface area contributed by atoms with E-state index in [-0.39, 0.29) is 38.1 Å². The number of benzene rings is 1. The van der Waals surface area contributed by atoms with Gasteiger partial charge in [-0.05, 0) is 49.9 Å². The fourth-order valence-corrected chi connectivity index (χ4v) is 6.34. The van der Waals surface area contributed by atoms with Gasteiger partial charge in [0.25, 0.3) is 5.91 Å². The minimum atomic E-state index is -1.32. The highest BCUT2D eigenvalue weighted by Crippen LogP contribution is 2.58. The fraction of sp³-hybridized carbons (Fsp3) is 0.519. The molecule has 0 radical (unpaired) electrons. The summed E-state index contributed by atoms with van der Waals surface area (Å²) in [5, 5.41) is 9.88. The third kappa shape index (κ3) is 3.78. The Bertz CT molecular complexity index is 1100. The van der Waals surface area contributed by atoms with Crippen LogP contribution >= 0.6 is 11.6 Å². The summed E-state index contributed by atoms with van der Waals surface area (Å²) in [6.45, 7) is 2.71. The SMILES string of the molecule is CC[C@]12C=CCCOC(=O)[C@H]1[C@H]1C(=O)N(CCCCO)C3C(=O)N(c4ccc(Cl)cc4)CC=C[C@@]31O2. The van der Waals surface area contributed by atoms with E-state index in [2.05, 4.69) is 0 Å². The standard InChI is InChI=1S/C27H31ClN2O6/c1-2-26-12-3-6-17-35-25(34)21(26)20-23(32)30(14-4-5-16-31)22-24(33)29(15-7-13-27(20,22)36-26)19-10-8-18(28)9-11-19/h3,7-13,20-22,31H,2,4-6,14-17H2,1H3/t20-,21+,22?,26-,27-/m0/s1. The molecule has 36 heavy (non-hydrogen) atoms. The first-order chi connectivity index (χ1) is 17.4. The third-order valence-corrected chi connectivity index (χ3v) is 8.10. The quantitative estimate of drug-likeness (QED) is 0.356. The number of amides is 2. The Morgan fingerprint density at radius 2 is 1.83 bits per heavy atom. The van der Waals surface area contributed by atoms with Gasteiger partial charge in [-0.2, -0.15) is 0 Å². The van der Waals surface area contributed by atoms with Gasteiger partial charge in [0.2, 0.25) is 5.91 Å². The molecule has 1 spiro atoms. The molecule has 0 saturated carbocycles. The fourth-order valence-electron chi connectivity index (χ4n) is 6.21. The van der Waals surface area contributed by atoms with Crippen molar-refractivity contribution in [2.24, 2.45) is 11.8 Å². The lowest BCUT2D eigenvalue weighted by Gasteiger charge is -2.38. The van der Waals surface area contributed by atoms with Crippen molar-refractivity contribution in [1.82, 2.24) is 4.90 Å². The number of carbonyl (C=O) groups excluding carboxylic acids is 3. The number of esters is 1. The van der Waals surface area contributed by atoms with Gasteiger partial charge in [0.15, 0.2) is 0 Å². The van der Waals surface area contributed by atoms with Crippen LogP contribution in [0.2, 0.25) is 5.02 Å². The van der Waals surface area contributed by atoms with Crippen LogP contribution in [0.15, 0.2) is 48.6 Å². The Morgan fingerprint density at radius 1 is 1.06 bits per heavy atom. The summed E-state index contributed by atoms with van der Waals surface area (Å²) in [6, 6.07) is 6.02. The second-order valence-corrected chi connectivity index (χ2v) is 10.2. The van der Waals surface area contributed by atoms with E-state index in [4.69, 9.17) is 21.1 Å². The molecule has 4 aliphatic rings. The number of unbranched alkanes of at least 4 members (excludes halogenated alkanes) is 1. The molecule has 1 unspecified atom stereocenters. The number of aliphatic hydroxyl groups is 1. The van der Waals surface area contributed by atoms with Gasteiger partial charge < -0.3 is 24.4 Å². The smallest absolute Gasteiger partial charge is 0.313 e. The summed E-state index contributed by atoms with van der Waals surface area (Å²) in [5.74, 6) is -2.79. The van der Waals surface area contributed by atoms with E-state index >= 15 is 0 Å². The summed E-state index contributed by atoms with van der Waals surface area (Å²) >= 11 is 6.07. The van der Waals surface area contributed by atoms with Crippen molar-refractivity contribution in [3.05, 3.63) is 53.6 Å². The van der Waals surface area contributed by atoms with E-state index in [1.807, 2.05) is 31.2 Å². The molecule has 2 amide bonds. The van der Waals surface area contributed by atoms with Gasteiger partial charge in [0.05, 0.1) is 12.5 Å². The second kappa shape index (κ2) is 9.65. The van der Waals surface area contributed by atoms with Crippen molar-refractivity contribution in [3.63, 3.8) is 0 Å². The Balaban J connectivity index is 1.63. The number of ether oxygens (including phenoxy) is 2. The number of aliphatic hydroxyl groups excluding tert-OH is 1. The monoisotopic (exact) mass is 514 g/mol. The average molecular weight is 515 g/mol. The van der Waals surface area contributed by atoms with Gasteiger partial charge >= 0.3 is 5.97 Å². The Labute approximate surface area is 215 Å². The van der Waals surface area contributed by atoms with E-state index < -0.39 is 35.0 Å². The lowest BCUT2D eigenvalue weighted by molar-refractivity contribution is -0.160. The van der Waals surface area contributed by atoms with E-state index in [9.17, 15) is 19.5 Å². The topological polar surface area (TPSA) is 96.4 Å². The van der Waals surface area contributed by atoms with Gasteiger partial charge in [0.1, 0.15) is 23.2 Å². The summed E-state index contributed by atoms with van der Waals surface area (Å²) in [4.78, 5) is 44.9. The lowest BCUT2D eigenvalue weighted by Crippen LogP contribution is -2.56. The van der Waals surface area contributed by atoms with E-state index in [1.54, 1.807) is 34.1 Å². The zero-order chi connectivity index (χ0) is 25.5. The van der Waals surface area contributed by atoms with Gasteiger partial charge in [-0.3, -0.25) is 14.4 Å². The van der Waals surface area contributed by atoms with Crippen LogP contribution < -0.4 is 4.90 Å². The normalized spacial score (nSPS) is 33.5. The summed E-state index contributed by atoms with van der Waals surface area (Å²) in [5.41, 5.74) is -1.71. The molecule has 2 saturated heterocycles. The number of fused-ring (bicyclic) bond motifs is 2. The van der Waals surface area contributed by atoms with Crippen LogP contribution in [0.1, 0.15) is 32.6 Å². The van der Waals surface area contributed by atoms with Crippen molar-refractivity contribution in [1.29, 1.82) is 0 Å². The van der Waals surface area contributed by atoms with Crippen LogP contribution in [0.3, 0.4) is 0 Å². The number of cyclic esters (lactones) is 1. The zero-order valence-corrected chi connectivity index (χ0v) is 21.0. The molecule has 0 aromatic heterocycles. The van der Waals surface area contributed by atoms with Crippen LogP contribution in [0.5, 0.6) is 0 Å². The zero-order valence-electron chi connectivity index (χ0n) is 20.3. The molecule has 5 atom stereocenters. The number of hydrogen-bond donors (Lipinski definition) is 1. The summed E-state index contributed by atoms with van der Waals surface area (Å²) in [6.07, 6.45) is 9.53. The Kier molecular flexibility index (Phi) is 6.70. The molecule has 8 nitrogen and oxygen atoms in total. The number of hydrogen-bond acceptors (Lipinski definition) is 6. The number of rotatable bonds is 6. The molecule has 2 fully saturated rings. The van der Waals surface area contributed by atoms with Gasteiger partial charge in [-0.25, -0.2) is 0 Å². The minimum Gasteiger partial charge on any atom is -0.465 e. The molecule has 4 heterocycles. The Morgan fingerprint density at radius 3 is 2.56 bits per heavy atom. The van der Waals surface area contributed by atoms with Crippen LogP contribution in [0, 0.1) is 11.8 Å². The largest absolute Gasteiger partial charge is 0.465 e. The van der Waals surface area contributed by atoms with Crippen molar-refractivity contribution >= 4 is 35.1 Å². The maximum atomic E-state index is 14.2. The molecule has 0 bridgehead atoms. The van der Waals surface area contributed by atoms with Crippen molar-refractivity contribution in [3.8, 4) is 0 Å². The van der Waals surface area contributed by atoms with Crippen molar-refractivity contribution in [2.75, 3.05) is 31.2 Å². The minimum absolute atomic E-state index is 0.0127. The summed E-state index contributed by atoms with van der Waals surface area (Å²) in [7, 11) is 0. The Hall–Kier alpha value is -2.68. The molecular formula is C27H31ClN2O6. The number of likely N-dealkylation sites (tertiary alicyclic amines) is 1. The van der Waals surface area contributed by atoms with Crippen LogP contribution in [0.4, 0.5) is 5.69 Å². The molecule has 1 aromatic rings. The summed E-state index contributed by atoms with van der Waals surface area (Å²) < 4.78 is 12.4. The van der Waals surface area contributed by atoms with E-state index in [0.29, 0.717) is 36.4 Å². The lowest BCUT2D eigenvalue weighted by atomic mass is 9.73. The maximum absolute atomic E-state index is 14.2. The molecule has 1 N–H and O–H groups in total. The van der Waals surface area contributed by atoms with Crippen LogP contribution in [0.25, 0.3) is 0 Å². The molecule has 4 aliphatic heterocycles. The first-order valence-electron chi connectivity index (χ1n) is 12.6. The van der Waals surface area contributed by atoms with Crippen LogP contribution in [-0.4, -0.2) is 71.3 Å². The molecule has 0 aliphatic carbocycles. The highest BCUT2D eigenvalue weighted by Gasteiger charge is 2.75. The molecule has 5 rings (SSSR count). The maximum Gasteiger partial charge on any atom is 0.313 e. The van der Waals surface area contributed by atoms with Crippen molar-refractivity contribution < 1.29 is 29.0 Å². The number of nitrogens with zero attached hydrogens (tertiary/aromatic N) is 2. The molecular weight excluding hydrogens is 484 g/mol. The average Bonchev–Trinajstić information content (AvgIpc) is 3.20. The van der Waals surface area contributed by atoms with E-state index in [0.717, 1.165) is 0 Å². The molecule has 9 heteroatoms. The molecule has 1 aromatic carbocycles. The third-order valence-electron chi connectivity index (χ3n) is 7.85. The van der Waals surface area contributed by atoms with Crippen molar-refractivity contribution in [2.45, 2.75) is 49.9 Å². The first-order valence-corrected chi connectivity index (χ1v) is 13.0. The van der Waals surface area contributed by atoms with Gasteiger partial charge in [0, 0.05) is 30.4 Å². The van der Waals surface area contributed by atoms with Crippen LogP contribution in [-0.2, 0) is 23.9 Å². The predicted octanol–water partition coefficient (Wildman–Crippen LogP) is 2.88. The number of carbonyl (C=O) groups is 3.